The van der Waals surface area contributed by atoms with Crippen LogP contribution in [0.2, 0.25) is 0 Å². The molecular weight excluding hydrogens is 340 g/mol. The van der Waals surface area contributed by atoms with Gasteiger partial charge in [0.05, 0.1) is 4.90 Å². The minimum atomic E-state index is -3.46. The molecule has 1 atom stereocenters. The highest BCUT2D eigenvalue weighted by molar-refractivity contribution is 7.89. The molecule has 0 unspecified atom stereocenters. The summed E-state index contributed by atoms with van der Waals surface area (Å²) in [5.74, 6) is 0.291. The summed E-state index contributed by atoms with van der Waals surface area (Å²) in [5.41, 5.74) is 0.604. The van der Waals surface area contributed by atoms with Crippen LogP contribution in [0.5, 0.6) is 0 Å². The molecule has 7 heteroatoms. The molecule has 1 fully saturated rings. The Morgan fingerprint density at radius 2 is 2.04 bits per heavy atom. The molecular formula is C18H28N2O4S. The topological polar surface area (TPSA) is 75.7 Å². The molecule has 1 aliphatic heterocycles. The van der Waals surface area contributed by atoms with E-state index < -0.39 is 10.0 Å². The van der Waals surface area contributed by atoms with Crippen molar-refractivity contribution in [3.63, 3.8) is 0 Å². The largest absolute Gasteiger partial charge is 0.382 e. The first-order valence-electron chi connectivity index (χ1n) is 8.91. The van der Waals surface area contributed by atoms with Gasteiger partial charge in [-0.3, -0.25) is 4.79 Å². The Hall–Kier alpha value is -1.44. The zero-order valence-electron chi connectivity index (χ0n) is 15.0. The molecule has 1 N–H and O–H groups in total. The van der Waals surface area contributed by atoms with Crippen molar-refractivity contribution >= 4 is 21.6 Å². The van der Waals surface area contributed by atoms with Gasteiger partial charge in [0, 0.05) is 38.4 Å². The third kappa shape index (κ3) is 5.80. The molecule has 0 aliphatic carbocycles. The zero-order chi connectivity index (χ0) is 18.3. The monoisotopic (exact) mass is 368 g/mol. The standard InChI is InChI=1S/C18H28N2O4S/c1-3-24-13-5-7-18(21)19-16-8-10-17(11-9-16)25(22,23)20-12-4-6-15(2)14-20/h8-11,15H,3-7,12-14H2,1-2H3,(H,19,21)/t15-/m0/s1. The van der Waals surface area contributed by atoms with Crippen LogP contribution in [0.4, 0.5) is 5.69 Å². The molecule has 1 heterocycles. The van der Waals surface area contributed by atoms with E-state index in [4.69, 9.17) is 4.74 Å². The third-order valence-electron chi connectivity index (χ3n) is 4.29. The quantitative estimate of drug-likeness (QED) is 0.716. The van der Waals surface area contributed by atoms with E-state index in [1.54, 1.807) is 28.6 Å². The zero-order valence-corrected chi connectivity index (χ0v) is 15.8. The molecule has 0 saturated carbocycles. The van der Waals surface area contributed by atoms with Gasteiger partial charge in [0.1, 0.15) is 0 Å². The molecule has 0 aromatic heterocycles. The predicted octanol–water partition coefficient (Wildman–Crippen LogP) is 2.86. The summed E-state index contributed by atoms with van der Waals surface area (Å²) < 4.78 is 32.1. The number of hydrogen-bond acceptors (Lipinski definition) is 4. The molecule has 1 aliphatic rings. The lowest BCUT2D eigenvalue weighted by molar-refractivity contribution is -0.116. The number of nitrogens with zero attached hydrogens (tertiary/aromatic N) is 1. The van der Waals surface area contributed by atoms with E-state index in [9.17, 15) is 13.2 Å². The van der Waals surface area contributed by atoms with Crippen molar-refractivity contribution in [1.29, 1.82) is 0 Å². The normalized spacial score (nSPS) is 18.9. The number of hydrogen-bond donors (Lipinski definition) is 1. The number of piperidine rings is 1. The van der Waals surface area contributed by atoms with Gasteiger partial charge in [-0.25, -0.2) is 8.42 Å². The summed E-state index contributed by atoms with van der Waals surface area (Å²) in [4.78, 5) is 12.1. The van der Waals surface area contributed by atoms with Gasteiger partial charge in [0.15, 0.2) is 0 Å². The van der Waals surface area contributed by atoms with Gasteiger partial charge in [0.25, 0.3) is 0 Å². The van der Waals surface area contributed by atoms with Crippen LogP contribution in [-0.4, -0.2) is 44.9 Å². The molecule has 0 spiro atoms. The smallest absolute Gasteiger partial charge is 0.243 e. The first-order valence-corrected chi connectivity index (χ1v) is 10.3. The van der Waals surface area contributed by atoms with Crippen LogP contribution in [0.25, 0.3) is 0 Å². The number of ether oxygens (including phenoxy) is 1. The lowest BCUT2D eigenvalue weighted by Gasteiger charge is -2.30. The van der Waals surface area contributed by atoms with Gasteiger partial charge in [-0.15, -0.1) is 0 Å². The molecule has 6 nitrogen and oxygen atoms in total. The van der Waals surface area contributed by atoms with Crippen molar-refractivity contribution < 1.29 is 17.9 Å². The number of rotatable bonds is 8. The van der Waals surface area contributed by atoms with E-state index in [1.165, 1.54) is 0 Å². The molecule has 0 bridgehead atoms. The number of sulfonamides is 1. The van der Waals surface area contributed by atoms with Crippen molar-refractivity contribution in [2.75, 3.05) is 31.6 Å². The van der Waals surface area contributed by atoms with Gasteiger partial charge >= 0.3 is 0 Å². The first-order chi connectivity index (χ1) is 11.9. The van der Waals surface area contributed by atoms with Crippen molar-refractivity contribution in [3.8, 4) is 0 Å². The van der Waals surface area contributed by atoms with Gasteiger partial charge in [-0.2, -0.15) is 4.31 Å². The second-order valence-electron chi connectivity index (χ2n) is 6.48. The van der Waals surface area contributed by atoms with E-state index in [0.29, 0.717) is 50.8 Å². The van der Waals surface area contributed by atoms with Crippen molar-refractivity contribution in [1.82, 2.24) is 4.31 Å². The molecule has 2 rings (SSSR count). The summed E-state index contributed by atoms with van der Waals surface area (Å²) in [6.07, 6.45) is 3.02. The van der Waals surface area contributed by atoms with E-state index in [-0.39, 0.29) is 10.8 Å². The maximum Gasteiger partial charge on any atom is 0.243 e. The van der Waals surface area contributed by atoms with Crippen LogP contribution in [0.15, 0.2) is 29.2 Å². The average Bonchev–Trinajstić information content (AvgIpc) is 2.59. The Kier molecular flexibility index (Phi) is 7.40. The van der Waals surface area contributed by atoms with Crippen LogP contribution < -0.4 is 5.32 Å². The number of carbonyl (C=O) groups is 1. The molecule has 1 saturated heterocycles. The highest BCUT2D eigenvalue weighted by Crippen LogP contribution is 2.24. The second kappa shape index (κ2) is 9.31. The molecule has 25 heavy (non-hydrogen) atoms. The fourth-order valence-corrected chi connectivity index (χ4v) is 4.52. The SMILES string of the molecule is CCOCCCC(=O)Nc1ccc(S(=O)(=O)N2CCC[C@H](C)C2)cc1. The minimum Gasteiger partial charge on any atom is -0.382 e. The summed E-state index contributed by atoms with van der Waals surface area (Å²) in [6, 6.07) is 6.40. The maximum atomic E-state index is 12.7. The minimum absolute atomic E-state index is 0.0971. The molecule has 1 aromatic rings. The molecule has 1 amide bonds. The Morgan fingerprint density at radius 3 is 2.68 bits per heavy atom. The van der Waals surface area contributed by atoms with E-state index in [2.05, 4.69) is 12.2 Å². The van der Waals surface area contributed by atoms with Crippen LogP contribution in [-0.2, 0) is 19.6 Å². The van der Waals surface area contributed by atoms with Crippen LogP contribution in [0, 0.1) is 5.92 Å². The lowest BCUT2D eigenvalue weighted by atomic mass is 10.0. The predicted molar refractivity (Wildman–Crippen MR) is 98.0 cm³/mol. The summed E-state index contributed by atoms with van der Waals surface area (Å²) in [7, 11) is -3.46. The average molecular weight is 368 g/mol. The number of benzene rings is 1. The van der Waals surface area contributed by atoms with Crippen LogP contribution >= 0.6 is 0 Å². The van der Waals surface area contributed by atoms with Crippen LogP contribution in [0.3, 0.4) is 0 Å². The maximum absolute atomic E-state index is 12.7. The first kappa shape index (κ1) is 19.9. The van der Waals surface area contributed by atoms with Gasteiger partial charge in [-0.05, 0) is 56.4 Å². The van der Waals surface area contributed by atoms with Gasteiger partial charge < -0.3 is 10.1 Å². The van der Waals surface area contributed by atoms with Crippen molar-refractivity contribution in [2.45, 2.75) is 44.4 Å². The Labute approximate surface area is 150 Å². The van der Waals surface area contributed by atoms with Gasteiger partial charge in [-0.1, -0.05) is 6.92 Å². The number of amides is 1. The molecule has 0 radical (unpaired) electrons. The van der Waals surface area contributed by atoms with Crippen molar-refractivity contribution in [2.24, 2.45) is 5.92 Å². The van der Waals surface area contributed by atoms with E-state index in [0.717, 1.165) is 12.8 Å². The Bertz CT molecular complexity index is 658. The Balaban J connectivity index is 1.93. The van der Waals surface area contributed by atoms with Gasteiger partial charge in [0.2, 0.25) is 15.9 Å². The fourth-order valence-electron chi connectivity index (χ4n) is 2.93. The second-order valence-corrected chi connectivity index (χ2v) is 8.42. The molecule has 140 valence electrons. The van der Waals surface area contributed by atoms with E-state index in [1.807, 2.05) is 6.92 Å². The Morgan fingerprint density at radius 1 is 1.32 bits per heavy atom. The highest BCUT2D eigenvalue weighted by Gasteiger charge is 2.28. The highest BCUT2D eigenvalue weighted by atomic mass is 32.2. The summed E-state index contributed by atoms with van der Waals surface area (Å²) in [5, 5.41) is 2.78. The number of nitrogens with one attached hydrogen (secondary N) is 1. The summed E-state index contributed by atoms with van der Waals surface area (Å²) in [6.45, 7) is 6.35. The van der Waals surface area contributed by atoms with Crippen LogP contribution in [0.1, 0.15) is 39.5 Å². The summed E-state index contributed by atoms with van der Waals surface area (Å²) >= 11 is 0. The number of carbonyl (C=O) groups excluding carboxylic acids is 1. The third-order valence-corrected chi connectivity index (χ3v) is 6.17. The lowest BCUT2D eigenvalue weighted by Crippen LogP contribution is -2.39. The van der Waals surface area contributed by atoms with Crippen molar-refractivity contribution in [3.05, 3.63) is 24.3 Å². The molecule has 1 aromatic carbocycles. The van der Waals surface area contributed by atoms with E-state index >= 15 is 0 Å². The number of anilines is 1. The fraction of sp³-hybridized carbons (Fsp3) is 0.611.